The van der Waals surface area contributed by atoms with Crippen LogP contribution in [0.2, 0.25) is 0 Å². The predicted octanol–water partition coefficient (Wildman–Crippen LogP) is 1.01. The lowest BCUT2D eigenvalue weighted by molar-refractivity contribution is 0.682. The van der Waals surface area contributed by atoms with Crippen LogP contribution in [0, 0.1) is 11.3 Å². The SMILES string of the molecule is CCC(N)C(Br)C#N. The van der Waals surface area contributed by atoms with Gasteiger partial charge in [-0.25, -0.2) is 0 Å². The average molecular weight is 177 g/mol. The molecule has 3 heteroatoms. The van der Waals surface area contributed by atoms with E-state index in [0.717, 1.165) is 6.42 Å². The molecule has 46 valence electrons. The Hall–Kier alpha value is -0.0700. The molecular weight excluding hydrogens is 168 g/mol. The molecular formula is C5H9BrN2. The van der Waals surface area contributed by atoms with Crippen molar-refractivity contribution in [3.63, 3.8) is 0 Å². The van der Waals surface area contributed by atoms with Crippen LogP contribution in [-0.2, 0) is 0 Å². The summed E-state index contributed by atoms with van der Waals surface area (Å²) in [5, 5.41) is 8.26. The zero-order chi connectivity index (χ0) is 6.57. The van der Waals surface area contributed by atoms with Crippen molar-refractivity contribution in [3.05, 3.63) is 0 Å². The molecule has 2 unspecified atom stereocenters. The van der Waals surface area contributed by atoms with E-state index in [4.69, 9.17) is 11.0 Å². The van der Waals surface area contributed by atoms with Gasteiger partial charge in [0.05, 0.1) is 6.07 Å². The average Bonchev–Trinajstić information content (AvgIpc) is 1.84. The fourth-order valence-electron chi connectivity index (χ4n) is 0.303. The Morgan fingerprint density at radius 3 is 2.50 bits per heavy atom. The number of hydrogen-bond donors (Lipinski definition) is 1. The summed E-state index contributed by atoms with van der Waals surface area (Å²) >= 11 is 3.12. The molecule has 0 fully saturated rings. The minimum Gasteiger partial charge on any atom is -0.326 e. The van der Waals surface area contributed by atoms with Gasteiger partial charge in [-0.1, -0.05) is 22.9 Å². The van der Waals surface area contributed by atoms with E-state index < -0.39 is 0 Å². The summed E-state index contributed by atoms with van der Waals surface area (Å²) in [6.45, 7) is 1.95. The number of hydrogen-bond acceptors (Lipinski definition) is 2. The molecule has 2 N–H and O–H groups in total. The third-order valence-corrected chi connectivity index (χ3v) is 1.85. The van der Waals surface area contributed by atoms with Crippen LogP contribution < -0.4 is 5.73 Å². The van der Waals surface area contributed by atoms with Crippen LogP contribution in [0.25, 0.3) is 0 Å². The number of rotatable bonds is 2. The van der Waals surface area contributed by atoms with E-state index in [1.807, 2.05) is 13.0 Å². The van der Waals surface area contributed by atoms with Gasteiger partial charge in [0.15, 0.2) is 0 Å². The van der Waals surface area contributed by atoms with Crippen LogP contribution in [0.3, 0.4) is 0 Å². The number of nitriles is 1. The number of alkyl halides is 1. The maximum absolute atomic E-state index is 8.26. The Labute approximate surface area is 57.8 Å². The van der Waals surface area contributed by atoms with Crippen molar-refractivity contribution in [2.24, 2.45) is 5.73 Å². The molecule has 8 heavy (non-hydrogen) atoms. The fraction of sp³-hybridized carbons (Fsp3) is 0.800. The molecule has 0 saturated carbocycles. The molecule has 2 nitrogen and oxygen atoms in total. The molecule has 0 aliphatic heterocycles. The van der Waals surface area contributed by atoms with E-state index in [0.29, 0.717) is 0 Å². The molecule has 0 bridgehead atoms. The topological polar surface area (TPSA) is 49.8 Å². The lowest BCUT2D eigenvalue weighted by Crippen LogP contribution is -2.28. The minimum absolute atomic E-state index is 0.0278. The van der Waals surface area contributed by atoms with Crippen molar-refractivity contribution >= 4 is 15.9 Å². The first-order valence-electron chi connectivity index (χ1n) is 2.51. The highest BCUT2D eigenvalue weighted by Crippen LogP contribution is 2.03. The first kappa shape index (κ1) is 7.93. The van der Waals surface area contributed by atoms with Gasteiger partial charge in [0.25, 0.3) is 0 Å². The largest absolute Gasteiger partial charge is 0.326 e. The van der Waals surface area contributed by atoms with Crippen molar-refractivity contribution in [3.8, 4) is 6.07 Å². The normalized spacial score (nSPS) is 16.8. The molecule has 0 aromatic rings. The molecule has 0 rings (SSSR count). The number of nitrogens with zero attached hydrogens (tertiary/aromatic N) is 1. The Morgan fingerprint density at radius 2 is 2.38 bits per heavy atom. The molecule has 2 atom stereocenters. The van der Waals surface area contributed by atoms with Gasteiger partial charge in [-0.15, -0.1) is 0 Å². The first-order chi connectivity index (χ1) is 3.72. The van der Waals surface area contributed by atoms with Crippen LogP contribution in [-0.4, -0.2) is 10.9 Å². The Morgan fingerprint density at radius 1 is 1.88 bits per heavy atom. The Bertz CT molecular complexity index is 97.1. The molecule has 0 heterocycles. The molecule has 0 amide bonds. The summed E-state index contributed by atoms with van der Waals surface area (Å²) in [6, 6.07) is 1.98. The molecule has 0 aliphatic rings. The van der Waals surface area contributed by atoms with E-state index in [-0.39, 0.29) is 10.9 Å². The van der Waals surface area contributed by atoms with Gasteiger partial charge in [0.2, 0.25) is 0 Å². The summed E-state index contributed by atoms with van der Waals surface area (Å²) in [4.78, 5) is -0.188. The van der Waals surface area contributed by atoms with E-state index in [1.165, 1.54) is 0 Å². The second-order valence-electron chi connectivity index (χ2n) is 1.60. The van der Waals surface area contributed by atoms with Gasteiger partial charge < -0.3 is 5.73 Å². The van der Waals surface area contributed by atoms with Crippen LogP contribution in [0.1, 0.15) is 13.3 Å². The Balaban J connectivity index is 3.49. The number of halogens is 1. The van der Waals surface area contributed by atoms with Gasteiger partial charge in [-0.05, 0) is 6.42 Å². The summed E-state index contributed by atoms with van der Waals surface area (Å²) in [5.74, 6) is 0. The maximum atomic E-state index is 8.26. The highest BCUT2D eigenvalue weighted by atomic mass is 79.9. The van der Waals surface area contributed by atoms with Gasteiger partial charge in [0, 0.05) is 6.04 Å². The van der Waals surface area contributed by atoms with E-state index in [1.54, 1.807) is 0 Å². The van der Waals surface area contributed by atoms with Gasteiger partial charge >= 0.3 is 0 Å². The van der Waals surface area contributed by atoms with Crippen LogP contribution in [0.5, 0.6) is 0 Å². The van der Waals surface area contributed by atoms with Gasteiger partial charge in [-0.3, -0.25) is 0 Å². The molecule has 0 saturated heterocycles. The van der Waals surface area contributed by atoms with Crippen LogP contribution in [0.4, 0.5) is 0 Å². The highest BCUT2D eigenvalue weighted by Gasteiger charge is 2.09. The predicted molar refractivity (Wildman–Crippen MR) is 36.6 cm³/mol. The second kappa shape index (κ2) is 3.88. The summed E-state index contributed by atoms with van der Waals surface area (Å²) in [5.41, 5.74) is 5.46. The van der Waals surface area contributed by atoms with Crippen molar-refractivity contribution < 1.29 is 0 Å². The van der Waals surface area contributed by atoms with Crippen molar-refractivity contribution in [1.82, 2.24) is 0 Å². The summed E-state index contributed by atoms with van der Waals surface area (Å²) in [7, 11) is 0. The monoisotopic (exact) mass is 176 g/mol. The lowest BCUT2D eigenvalue weighted by atomic mass is 10.2. The van der Waals surface area contributed by atoms with E-state index >= 15 is 0 Å². The quantitative estimate of drug-likeness (QED) is 0.640. The van der Waals surface area contributed by atoms with Crippen LogP contribution in [0.15, 0.2) is 0 Å². The van der Waals surface area contributed by atoms with Gasteiger partial charge in [-0.2, -0.15) is 5.26 Å². The van der Waals surface area contributed by atoms with E-state index in [9.17, 15) is 0 Å². The zero-order valence-electron chi connectivity index (χ0n) is 4.76. The van der Waals surface area contributed by atoms with Crippen LogP contribution >= 0.6 is 15.9 Å². The fourth-order valence-corrected chi connectivity index (χ4v) is 0.676. The summed E-state index contributed by atoms with van der Waals surface area (Å²) < 4.78 is 0. The molecule has 0 aliphatic carbocycles. The maximum Gasteiger partial charge on any atom is 0.116 e. The third-order valence-electron chi connectivity index (χ3n) is 0.971. The molecule has 0 aromatic carbocycles. The first-order valence-corrected chi connectivity index (χ1v) is 3.43. The minimum atomic E-state index is -0.188. The zero-order valence-corrected chi connectivity index (χ0v) is 6.35. The van der Waals surface area contributed by atoms with Crippen molar-refractivity contribution in [2.75, 3.05) is 0 Å². The molecule has 0 radical (unpaired) electrons. The van der Waals surface area contributed by atoms with Gasteiger partial charge in [0.1, 0.15) is 4.83 Å². The standard InChI is InChI=1S/C5H9BrN2/c1-2-5(8)4(6)3-7/h4-5H,2,8H2,1H3. The van der Waals surface area contributed by atoms with Crippen molar-refractivity contribution in [1.29, 1.82) is 5.26 Å². The summed E-state index contributed by atoms with van der Waals surface area (Å²) in [6.07, 6.45) is 0.837. The van der Waals surface area contributed by atoms with E-state index in [2.05, 4.69) is 15.9 Å². The molecule has 0 aromatic heterocycles. The Kier molecular flexibility index (Phi) is 3.84. The molecule has 0 spiro atoms. The third kappa shape index (κ3) is 2.29. The number of nitrogens with two attached hydrogens (primary N) is 1. The van der Waals surface area contributed by atoms with Crippen molar-refractivity contribution in [2.45, 2.75) is 24.2 Å². The lowest BCUT2D eigenvalue weighted by Gasteiger charge is -2.06. The second-order valence-corrected chi connectivity index (χ2v) is 2.59. The smallest absolute Gasteiger partial charge is 0.116 e. The highest BCUT2D eigenvalue weighted by molar-refractivity contribution is 9.09.